The van der Waals surface area contributed by atoms with Crippen molar-refractivity contribution in [3.05, 3.63) is 65.2 Å². The molecule has 1 atom stereocenters. The van der Waals surface area contributed by atoms with Gasteiger partial charge in [-0.15, -0.1) is 0 Å². The lowest BCUT2D eigenvalue weighted by atomic mass is 9.85. The van der Waals surface area contributed by atoms with E-state index in [4.69, 9.17) is 4.74 Å². The molecule has 0 N–H and O–H groups in total. The van der Waals surface area contributed by atoms with E-state index in [1.54, 1.807) is 7.11 Å². The van der Waals surface area contributed by atoms with Gasteiger partial charge in [0, 0.05) is 5.92 Å². The van der Waals surface area contributed by atoms with Crippen LogP contribution >= 0.6 is 0 Å². The molecule has 1 nitrogen and oxygen atoms in total. The lowest BCUT2D eigenvalue weighted by Gasteiger charge is -2.19. The largest absolute Gasteiger partial charge is 0.497 e. The number of hydrogen-bond donors (Lipinski definition) is 0. The van der Waals surface area contributed by atoms with Gasteiger partial charge in [0.05, 0.1) is 7.11 Å². The molecule has 0 fully saturated rings. The predicted octanol–water partition coefficient (Wildman–Crippen LogP) is 4.51. The number of rotatable bonds is 2. The monoisotopic (exact) mass is 252 g/mol. The van der Waals surface area contributed by atoms with Gasteiger partial charge < -0.3 is 4.74 Å². The summed E-state index contributed by atoms with van der Waals surface area (Å²) < 4.78 is 5.37. The molecule has 0 radical (unpaired) electrons. The maximum absolute atomic E-state index is 5.37. The Kier molecular flexibility index (Phi) is 2.85. The Morgan fingerprint density at radius 2 is 1.79 bits per heavy atom. The minimum Gasteiger partial charge on any atom is -0.497 e. The zero-order chi connectivity index (χ0) is 13.5. The predicted molar refractivity (Wildman–Crippen MR) is 78.9 cm³/mol. The molecule has 2 aromatic rings. The van der Waals surface area contributed by atoms with Crippen molar-refractivity contribution in [1.29, 1.82) is 0 Å². The second-order valence-corrected chi connectivity index (χ2v) is 6.00. The Hall–Kier alpha value is -1.76. The first-order chi connectivity index (χ1) is 9.12. The fraction of sp³-hybridized carbons (Fsp3) is 0.333. The van der Waals surface area contributed by atoms with Gasteiger partial charge in [0.2, 0.25) is 0 Å². The third-order valence-electron chi connectivity index (χ3n) is 4.28. The van der Waals surface area contributed by atoms with Crippen LogP contribution in [0.5, 0.6) is 5.75 Å². The number of ether oxygens (including phenoxy) is 1. The highest BCUT2D eigenvalue weighted by Crippen LogP contribution is 2.49. The Morgan fingerprint density at radius 3 is 2.47 bits per heavy atom. The number of hydrogen-bond acceptors (Lipinski definition) is 1. The summed E-state index contributed by atoms with van der Waals surface area (Å²) in [5.41, 5.74) is 4.52. The van der Waals surface area contributed by atoms with E-state index < -0.39 is 0 Å². The molecule has 0 aromatic heterocycles. The van der Waals surface area contributed by atoms with Crippen LogP contribution in [0.4, 0.5) is 0 Å². The molecule has 3 rings (SSSR count). The van der Waals surface area contributed by atoms with Gasteiger partial charge in [-0.05, 0) is 40.7 Å². The van der Waals surface area contributed by atoms with E-state index in [1.165, 1.54) is 23.1 Å². The van der Waals surface area contributed by atoms with Crippen molar-refractivity contribution >= 4 is 0 Å². The van der Waals surface area contributed by atoms with Crippen LogP contribution in [0.3, 0.4) is 0 Å². The minimum atomic E-state index is 0.213. The molecule has 98 valence electrons. The SMILES string of the molecule is COc1ccc2c(c1)C(C)(C)CC2c1ccccc1. The van der Waals surface area contributed by atoms with Gasteiger partial charge in [-0.2, -0.15) is 0 Å². The summed E-state index contributed by atoms with van der Waals surface area (Å²) >= 11 is 0. The zero-order valence-electron chi connectivity index (χ0n) is 11.8. The van der Waals surface area contributed by atoms with Crippen molar-refractivity contribution in [3.63, 3.8) is 0 Å². The van der Waals surface area contributed by atoms with Gasteiger partial charge in [-0.3, -0.25) is 0 Å². The second-order valence-electron chi connectivity index (χ2n) is 6.00. The summed E-state index contributed by atoms with van der Waals surface area (Å²) in [5, 5.41) is 0. The average molecular weight is 252 g/mol. The van der Waals surface area contributed by atoms with Crippen LogP contribution in [-0.2, 0) is 5.41 Å². The maximum Gasteiger partial charge on any atom is 0.119 e. The number of benzene rings is 2. The molecule has 1 aliphatic rings. The van der Waals surface area contributed by atoms with E-state index in [0.29, 0.717) is 5.92 Å². The molecule has 0 aliphatic heterocycles. The standard InChI is InChI=1S/C18H20O/c1-18(2)12-16(13-7-5-4-6-8-13)15-10-9-14(19-3)11-17(15)18/h4-11,16H,12H2,1-3H3. The van der Waals surface area contributed by atoms with Crippen LogP contribution in [0.15, 0.2) is 48.5 Å². The molecular formula is C18H20O. The third-order valence-corrected chi connectivity index (χ3v) is 4.28. The first-order valence-electron chi connectivity index (χ1n) is 6.85. The van der Waals surface area contributed by atoms with E-state index in [1.807, 2.05) is 0 Å². The van der Waals surface area contributed by atoms with E-state index in [-0.39, 0.29) is 5.41 Å². The molecule has 0 amide bonds. The van der Waals surface area contributed by atoms with E-state index >= 15 is 0 Å². The molecule has 1 heteroatoms. The Bertz CT molecular complexity index is 584. The number of methoxy groups -OCH3 is 1. The van der Waals surface area contributed by atoms with E-state index in [9.17, 15) is 0 Å². The summed E-state index contributed by atoms with van der Waals surface area (Å²) in [7, 11) is 1.73. The van der Waals surface area contributed by atoms with E-state index in [0.717, 1.165) is 5.75 Å². The fourth-order valence-corrected chi connectivity index (χ4v) is 3.27. The summed E-state index contributed by atoms with van der Waals surface area (Å²) in [5.74, 6) is 1.47. The lowest BCUT2D eigenvalue weighted by Crippen LogP contribution is -2.12. The highest BCUT2D eigenvalue weighted by Gasteiger charge is 2.37. The van der Waals surface area contributed by atoms with Crippen LogP contribution in [-0.4, -0.2) is 7.11 Å². The highest BCUT2D eigenvalue weighted by molar-refractivity contribution is 5.50. The van der Waals surface area contributed by atoms with Gasteiger partial charge >= 0.3 is 0 Å². The maximum atomic E-state index is 5.37. The fourth-order valence-electron chi connectivity index (χ4n) is 3.27. The quantitative estimate of drug-likeness (QED) is 0.764. The van der Waals surface area contributed by atoms with Crippen molar-refractivity contribution in [1.82, 2.24) is 0 Å². The summed E-state index contributed by atoms with van der Waals surface area (Å²) in [6.07, 6.45) is 1.17. The molecule has 0 saturated heterocycles. The van der Waals surface area contributed by atoms with Gasteiger partial charge in [-0.1, -0.05) is 50.2 Å². The molecule has 2 aromatic carbocycles. The topological polar surface area (TPSA) is 9.23 Å². The van der Waals surface area contributed by atoms with Gasteiger partial charge in [-0.25, -0.2) is 0 Å². The molecule has 0 bridgehead atoms. The molecule has 0 spiro atoms. The Morgan fingerprint density at radius 1 is 1.05 bits per heavy atom. The van der Waals surface area contributed by atoms with Crippen molar-refractivity contribution in [3.8, 4) is 5.75 Å². The summed E-state index contributed by atoms with van der Waals surface area (Å²) in [4.78, 5) is 0. The average Bonchev–Trinajstić information content (AvgIpc) is 2.71. The van der Waals surface area contributed by atoms with Crippen molar-refractivity contribution < 1.29 is 4.74 Å². The Balaban J connectivity index is 2.10. The van der Waals surface area contributed by atoms with Gasteiger partial charge in [0.15, 0.2) is 0 Å². The van der Waals surface area contributed by atoms with Crippen LogP contribution < -0.4 is 4.74 Å². The first kappa shape index (κ1) is 12.3. The molecule has 19 heavy (non-hydrogen) atoms. The van der Waals surface area contributed by atoms with Crippen LogP contribution in [0.25, 0.3) is 0 Å². The molecular weight excluding hydrogens is 232 g/mol. The van der Waals surface area contributed by atoms with Crippen molar-refractivity contribution in [2.75, 3.05) is 7.11 Å². The van der Waals surface area contributed by atoms with Gasteiger partial charge in [0.25, 0.3) is 0 Å². The first-order valence-corrected chi connectivity index (χ1v) is 6.85. The smallest absolute Gasteiger partial charge is 0.119 e. The van der Waals surface area contributed by atoms with Crippen molar-refractivity contribution in [2.24, 2.45) is 0 Å². The molecule has 1 aliphatic carbocycles. The van der Waals surface area contributed by atoms with Crippen LogP contribution in [0.2, 0.25) is 0 Å². The second kappa shape index (κ2) is 4.41. The molecule has 0 saturated carbocycles. The zero-order valence-corrected chi connectivity index (χ0v) is 11.8. The molecule has 0 heterocycles. The van der Waals surface area contributed by atoms with Crippen LogP contribution in [0.1, 0.15) is 42.9 Å². The number of fused-ring (bicyclic) bond motifs is 1. The third kappa shape index (κ3) is 2.03. The lowest BCUT2D eigenvalue weighted by molar-refractivity contribution is 0.412. The highest BCUT2D eigenvalue weighted by atomic mass is 16.5. The summed E-state index contributed by atoms with van der Waals surface area (Å²) in [6.45, 7) is 4.66. The van der Waals surface area contributed by atoms with Crippen LogP contribution in [0, 0.1) is 0 Å². The normalized spacial score (nSPS) is 20.1. The van der Waals surface area contributed by atoms with Crippen molar-refractivity contribution in [2.45, 2.75) is 31.6 Å². The molecule has 1 unspecified atom stereocenters. The van der Waals surface area contributed by atoms with Gasteiger partial charge in [0.1, 0.15) is 5.75 Å². The van der Waals surface area contributed by atoms with E-state index in [2.05, 4.69) is 62.4 Å². The Labute approximate surface area is 115 Å². The summed E-state index contributed by atoms with van der Waals surface area (Å²) in [6, 6.07) is 17.3. The minimum absolute atomic E-state index is 0.213.